The first-order chi connectivity index (χ1) is 16.2. The predicted octanol–water partition coefficient (Wildman–Crippen LogP) is 7.29. The molecule has 1 heterocycles. The Morgan fingerprint density at radius 1 is 0.848 bits per heavy atom. The summed E-state index contributed by atoms with van der Waals surface area (Å²) in [5, 5.41) is 0.896. The molecule has 0 atom stereocenters. The van der Waals surface area contributed by atoms with Crippen LogP contribution in [0.1, 0.15) is 81.0 Å². The molecule has 0 N–H and O–H groups in total. The molecule has 0 saturated heterocycles. The zero-order chi connectivity index (χ0) is 23.5. The van der Waals surface area contributed by atoms with E-state index in [1.807, 2.05) is 48.5 Å². The zero-order valence-electron chi connectivity index (χ0n) is 20.6. The van der Waals surface area contributed by atoms with Crippen molar-refractivity contribution < 1.29 is 13.9 Å². The minimum Gasteiger partial charge on any atom is -0.492 e. The maximum absolute atomic E-state index is 13.4. The summed E-state index contributed by atoms with van der Waals surface area (Å²) < 4.78 is 12.0. The number of ketones is 1. The molecule has 0 aliphatic carbocycles. The average Bonchev–Trinajstić information content (AvgIpc) is 3.22. The molecule has 0 spiro atoms. The molecule has 3 aromatic rings. The van der Waals surface area contributed by atoms with Crippen LogP contribution in [0.5, 0.6) is 5.75 Å². The van der Waals surface area contributed by atoms with Gasteiger partial charge in [-0.2, -0.15) is 0 Å². The number of ether oxygens (including phenoxy) is 1. The molecular weight excluding hydrogens is 410 g/mol. The first kappa shape index (κ1) is 25.0. The highest BCUT2D eigenvalue weighted by molar-refractivity contribution is 6.16. The van der Waals surface area contributed by atoms with E-state index >= 15 is 0 Å². The monoisotopic (exact) mass is 449 g/mol. The molecular formula is C29H39NO3. The van der Waals surface area contributed by atoms with Crippen LogP contribution in [0.2, 0.25) is 0 Å². The van der Waals surface area contributed by atoms with Crippen molar-refractivity contribution in [3.05, 3.63) is 65.4 Å². The number of aryl methyl sites for hydroxylation is 1. The molecule has 0 saturated carbocycles. The molecule has 178 valence electrons. The number of unbranched alkanes of at least 4 members (excludes halogenated alkanes) is 3. The SMILES string of the molecule is CCCCc1oc2ccccc2c1C(=O)c1ccc(OCCN(CCCC)CCCC)cc1. The topological polar surface area (TPSA) is 42.7 Å². The lowest BCUT2D eigenvalue weighted by Gasteiger charge is -2.22. The number of rotatable bonds is 15. The summed E-state index contributed by atoms with van der Waals surface area (Å²) in [5.74, 6) is 1.62. The molecule has 2 aromatic carbocycles. The number of carbonyl (C=O) groups excluding carboxylic acids is 1. The van der Waals surface area contributed by atoms with E-state index in [2.05, 4.69) is 25.7 Å². The van der Waals surface area contributed by atoms with Gasteiger partial charge in [-0.3, -0.25) is 9.69 Å². The second-order valence-electron chi connectivity index (χ2n) is 8.75. The molecule has 0 fully saturated rings. The van der Waals surface area contributed by atoms with Gasteiger partial charge in [-0.05, 0) is 62.7 Å². The maximum atomic E-state index is 13.4. The number of carbonyl (C=O) groups is 1. The van der Waals surface area contributed by atoms with Crippen molar-refractivity contribution in [3.63, 3.8) is 0 Å². The van der Waals surface area contributed by atoms with E-state index in [0.29, 0.717) is 17.7 Å². The first-order valence-electron chi connectivity index (χ1n) is 12.7. The van der Waals surface area contributed by atoms with E-state index in [1.165, 1.54) is 25.7 Å². The van der Waals surface area contributed by atoms with E-state index < -0.39 is 0 Å². The Bertz CT molecular complexity index is 982. The lowest BCUT2D eigenvalue weighted by Crippen LogP contribution is -2.30. The molecule has 3 rings (SSSR count). The van der Waals surface area contributed by atoms with E-state index in [-0.39, 0.29) is 5.78 Å². The summed E-state index contributed by atoms with van der Waals surface area (Å²) in [6, 6.07) is 15.4. The largest absolute Gasteiger partial charge is 0.492 e. The fourth-order valence-corrected chi connectivity index (χ4v) is 4.10. The van der Waals surface area contributed by atoms with Gasteiger partial charge < -0.3 is 9.15 Å². The van der Waals surface area contributed by atoms with E-state index in [4.69, 9.17) is 9.15 Å². The highest BCUT2D eigenvalue weighted by Crippen LogP contribution is 2.29. The van der Waals surface area contributed by atoms with Gasteiger partial charge in [-0.15, -0.1) is 0 Å². The van der Waals surface area contributed by atoms with Gasteiger partial charge in [-0.25, -0.2) is 0 Å². The van der Waals surface area contributed by atoms with Crippen molar-refractivity contribution in [1.29, 1.82) is 0 Å². The molecule has 0 amide bonds. The number of hydrogen-bond acceptors (Lipinski definition) is 4. The van der Waals surface area contributed by atoms with Gasteiger partial charge in [0.15, 0.2) is 5.78 Å². The lowest BCUT2D eigenvalue weighted by atomic mass is 9.98. The molecule has 0 aliphatic rings. The van der Waals surface area contributed by atoms with Crippen LogP contribution < -0.4 is 4.74 Å². The van der Waals surface area contributed by atoms with Gasteiger partial charge in [0.1, 0.15) is 23.7 Å². The molecule has 4 heteroatoms. The molecule has 33 heavy (non-hydrogen) atoms. The van der Waals surface area contributed by atoms with Crippen molar-refractivity contribution in [1.82, 2.24) is 4.90 Å². The maximum Gasteiger partial charge on any atom is 0.197 e. The number of nitrogens with zero attached hydrogens (tertiary/aromatic N) is 1. The highest BCUT2D eigenvalue weighted by atomic mass is 16.5. The van der Waals surface area contributed by atoms with Crippen LogP contribution in [0.15, 0.2) is 52.9 Å². The summed E-state index contributed by atoms with van der Waals surface area (Å²) in [7, 11) is 0. The molecule has 4 nitrogen and oxygen atoms in total. The van der Waals surface area contributed by atoms with E-state index in [1.54, 1.807) is 0 Å². The molecule has 0 unspecified atom stereocenters. The van der Waals surface area contributed by atoms with Crippen molar-refractivity contribution in [2.24, 2.45) is 0 Å². The van der Waals surface area contributed by atoms with Gasteiger partial charge in [0, 0.05) is 23.9 Å². The third kappa shape index (κ3) is 6.94. The number of furan rings is 1. The Hall–Kier alpha value is -2.59. The van der Waals surface area contributed by atoms with Gasteiger partial charge >= 0.3 is 0 Å². The summed E-state index contributed by atoms with van der Waals surface area (Å²) in [6.45, 7) is 10.5. The third-order valence-corrected chi connectivity index (χ3v) is 6.10. The van der Waals surface area contributed by atoms with Crippen molar-refractivity contribution in [3.8, 4) is 5.75 Å². The van der Waals surface area contributed by atoms with Crippen LogP contribution in [0.4, 0.5) is 0 Å². The van der Waals surface area contributed by atoms with E-state index in [9.17, 15) is 4.79 Å². The number of benzene rings is 2. The average molecular weight is 450 g/mol. The summed E-state index contributed by atoms with van der Waals surface area (Å²) in [5.41, 5.74) is 2.15. The fourth-order valence-electron chi connectivity index (χ4n) is 4.10. The second-order valence-corrected chi connectivity index (χ2v) is 8.75. The zero-order valence-corrected chi connectivity index (χ0v) is 20.6. The number of fused-ring (bicyclic) bond motifs is 1. The van der Waals surface area contributed by atoms with Crippen LogP contribution in [-0.4, -0.2) is 36.9 Å². The minimum absolute atomic E-state index is 0.0166. The standard InChI is InChI=1S/C29H39NO3/c1-4-7-13-27-28(25-12-10-11-14-26(25)33-27)29(31)23-15-17-24(18-16-23)32-22-21-30(19-8-5-2)20-9-6-3/h10-12,14-18H,4-9,13,19-22H2,1-3H3. The Morgan fingerprint density at radius 3 is 2.18 bits per heavy atom. The Morgan fingerprint density at radius 2 is 1.52 bits per heavy atom. The molecule has 0 bridgehead atoms. The summed E-state index contributed by atoms with van der Waals surface area (Å²) in [4.78, 5) is 15.9. The van der Waals surface area contributed by atoms with E-state index in [0.717, 1.165) is 61.4 Å². The Balaban J connectivity index is 1.66. The van der Waals surface area contributed by atoms with Crippen molar-refractivity contribution in [2.75, 3.05) is 26.2 Å². The van der Waals surface area contributed by atoms with Gasteiger partial charge in [0.2, 0.25) is 0 Å². The quantitative estimate of drug-likeness (QED) is 0.229. The summed E-state index contributed by atoms with van der Waals surface area (Å²) >= 11 is 0. The fraction of sp³-hybridized carbons (Fsp3) is 0.483. The third-order valence-electron chi connectivity index (χ3n) is 6.10. The highest BCUT2D eigenvalue weighted by Gasteiger charge is 2.21. The van der Waals surface area contributed by atoms with Crippen LogP contribution in [0.25, 0.3) is 11.0 Å². The predicted molar refractivity (Wildman–Crippen MR) is 136 cm³/mol. The van der Waals surface area contributed by atoms with Crippen molar-refractivity contribution in [2.45, 2.75) is 65.7 Å². The Kier molecular flexibility index (Phi) is 10.0. The lowest BCUT2D eigenvalue weighted by molar-refractivity contribution is 0.103. The minimum atomic E-state index is 0.0166. The van der Waals surface area contributed by atoms with Crippen LogP contribution >= 0.6 is 0 Å². The van der Waals surface area contributed by atoms with Gasteiger partial charge in [-0.1, -0.05) is 58.2 Å². The second kappa shape index (κ2) is 13.2. The molecule has 0 aliphatic heterocycles. The van der Waals surface area contributed by atoms with Gasteiger partial charge in [0.25, 0.3) is 0 Å². The number of para-hydroxylation sites is 1. The normalized spacial score (nSPS) is 11.4. The van der Waals surface area contributed by atoms with Crippen molar-refractivity contribution >= 4 is 16.8 Å². The number of hydrogen-bond donors (Lipinski definition) is 0. The molecule has 0 radical (unpaired) electrons. The van der Waals surface area contributed by atoms with Crippen LogP contribution in [-0.2, 0) is 6.42 Å². The smallest absolute Gasteiger partial charge is 0.197 e. The van der Waals surface area contributed by atoms with Crippen LogP contribution in [0, 0.1) is 0 Å². The summed E-state index contributed by atoms with van der Waals surface area (Å²) in [6.07, 6.45) is 7.72. The Labute approximate surface area is 198 Å². The van der Waals surface area contributed by atoms with Crippen LogP contribution in [0.3, 0.4) is 0 Å². The van der Waals surface area contributed by atoms with Gasteiger partial charge in [0.05, 0.1) is 5.56 Å². The molecule has 1 aromatic heterocycles. The first-order valence-corrected chi connectivity index (χ1v) is 12.7.